The Morgan fingerprint density at radius 3 is 2.71 bits per heavy atom. The van der Waals surface area contributed by atoms with Gasteiger partial charge in [0.2, 0.25) is 5.82 Å². The second kappa shape index (κ2) is 6.62. The maximum atomic E-state index is 12.7. The van der Waals surface area contributed by atoms with Gasteiger partial charge in [0.1, 0.15) is 0 Å². The number of aromatic nitrogens is 4. The van der Waals surface area contributed by atoms with Crippen molar-refractivity contribution in [3.8, 4) is 11.4 Å². The van der Waals surface area contributed by atoms with E-state index in [9.17, 15) is 4.79 Å². The third-order valence-corrected chi connectivity index (χ3v) is 4.01. The number of hydrogen-bond acceptors (Lipinski definition) is 4. The highest BCUT2D eigenvalue weighted by Crippen LogP contribution is 2.22. The molecule has 3 aromatic rings. The number of nitrogens with one attached hydrogen (secondary N) is 2. The molecule has 0 aliphatic carbocycles. The van der Waals surface area contributed by atoms with Crippen LogP contribution >= 0.6 is 0 Å². The van der Waals surface area contributed by atoms with E-state index in [1.807, 2.05) is 39.0 Å². The zero-order valence-corrected chi connectivity index (χ0v) is 13.9. The van der Waals surface area contributed by atoms with E-state index < -0.39 is 0 Å². The molecule has 1 heterocycles. The summed E-state index contributed by atoms with van der Waals surface area (Å²) in [6.45, 7) is 6.07. The molecule has 0 saturated heterocycles. The number of nitrogens with zero attached hydrogens (tertiary/aromatic N) is 3. The summed E-state index contributed by atoms with van der Waals surface area (Å²) in [7, 11) is 0. The van der Waals surface area contributed by atoms with E-state index in [0.717, 1.165) is 11.1 Å². The van der Waals surface area contributed by atoms with Gasteiger partial charge < -0.3 is 5.32 Å². The Bertz CT molecular complexity index is 858. The number of H-pyrrole nitrogens is 1. The Balaban J connectivity index is 1.87. The molecule has 0 saturated carbocycles. The van der Waals surface area contributed by atoms with Crippen LogP contribution in [0.25, 0.3) is 11.4 Å². The van der Waals surface area contributed by atoms with Gasteiger partial charge in [-0.3, -0.25) is 4.79 Å². The van der Waals surface area contributed by atoms with Gasteiger partial charge in [-0.1, -0.05) is 42.0 Å². The van der Waals surface area contributed by atoms with Crippen molar-refractivity contribution < 1.29 is 4.79 Å². The van der Waals surface area contributed by atoms with Crippen molar-refractivity contribution in [3.63, 3.8) is 0 Å². The summed E-state index contributed by atoms with van der Waals surface area (Å²) in [5.41, 5.74) is 4.61. The number of hydrogen-bond donors (Lipinski definition) is 2. The van der Waals surface area contributed by atoms with Crippen LogP contribution in [0.3, 0.4) is 0 Å². The number of benzene rings is 2. The van der Waals surface area contributed by atoms with E-state index in [4.69, 9.17) is 0 Å². The average Bonchev–Trinajstić information content (AvgIpc) is 3.11. The highest BCUT2D eigenvalue weighted by Gasteiger charge is 2.18. The normalized spacial score (nSPS) is 12.0. The summed E-state index contributed by atoms with van der Waals surface area (Å²) in [6, 6.07) is 13.4. The average molecular weight is 321 g/mol. The second-order valence-electron chi connectivity index (χ2n) is 5.84. The number of rotatable bonds is 4. The van der Waals surface area contributed by atoms with Gasteiger partial charge in [-0.15, -0.1) is 10.2 Å². The molecule has 0 bridgehead atoms. The first-order valence-electron chi connectivity index (χ1n) is 7.77. The van der Waals surface area contributed by atoms with Crippen LogP contribution in [0.5, 0.6) is 0 Å². The predicted molar refractivity (Wildman–Crippen MR) is 91.4 cm³/mol. The first-order valence-corrected chi connectivity index (χ1v) is 7.77. The molecule has 24 heavy (non-hydrogen) atoms. The zero-order chi connectivity index (χ0) is 17.1. The lowest BCUT2D eigenvalue weighted by Crippen LogP contribution is -2.27. The maximum Gasteiger partial charge on any atom is 0.252 e. The van der Waals surface area contributed by atoms with Crippen LogP contribution in [0.15, 0.2) is 42.5 Å². The van der Waals surface area contributed by atoms with Crippen molar-refractivity contribution in [2.45, 2.75) is 26.8 Å². The topological polar surface area (TPSA) is 83.6 Å². The summed E-state index contributed by atoms with van der Waals surface area (Å²) in [6.07, 6.45) is 0. The number of aromatic amines is 1. The summed E-state index contributed by atoms with van der Waals surface area (Å²) >= 11 is 0. The van der Waals surface area contributed by atoms with Crippen molar-refractivity contribution in [1.82, 2.24) is 25.9 Å². The van der Waals surface area contributed by atoms with Crippen LogP contribution in [-0.4, -0.2) is 26.5 Å². The highest BCUT2D eigenvalue weighted by atomic mass is 16.1. The van der Waals surface area contributed by atoms with Gasteiger partial charge in [-0.05, 0) is 43.2 Å². The smallest absolute Gasteiger partial charge is 0.252 e. The Morgan fingerprint density at radius 1 is 1.17 bits per heavy atom. The van der Waals surface area contributed by atoms with E-state index in [1.165, 1.54) is 5.56 Å². The van der Waals surface area contributed by atoms with Gasteiger partial charge in [-0.2, -0.15) is 5.21 Å². The quantitative estimate of drug-likeness (QED) is 0.774. The van der Waals surface area contributed by atoms with Crippen LogP contribution in [0, 0.1) is 13.8 Å². The summed E-state index contributed by atoms with van der Waals surface area (Å²) < 4.78 is 0. The molecule has 0 fully saturated rings. The van der Waals surface area contributed by atoms with E-state index in [-0.39, 0.29) is 11.9 Å². The molecule has 0 aliphatic rings. The van der Waals surface area contributed by atoms with Gasteiger partial charge >= 0.3 is 0 Å². The number of tetrazole rings is 1. The van der Waals surface area contributed by atoms with E-state index >= 15 is 0 Å². The fourth-order valence-electron chi connectivity index (χ4n) is 2.73. The standard InChI is InChI=1S/C18H19N5O/c1-11-8-9-12(2)16(10-11)13(3)19-18(24)15-7-5-4-6-14(15)17-20-22-23-21-17/h4-10,13H,1-3H3,(H,19,24)(H,20,21,22,23). The lowest BCUT2D eigenvalue weighted by molar-refractivity contribution is 0.0940. The molecule has 0 radical (unpaired) electrons. The Labute approximate surface area is 140 Å². The van der Waals surface area contributed by atoms with Crippen molar-refractivity contribution in [2.24, 2.45) is 0 Å². The van der Waals surface area contributed by atoms with Gasteiger partial charge in [0, 0.05) is 5.56 Å². The molecule has 1 amide bonds. The zero-order valence-electron chi connectivity index (χ0n) is 13.9. The van der Waals surface area contributed by atoms with Gasteiger partial charge in [0.25, 0.3) is 5.91 Å². The highest BCUT2D eigenvalue weighted by molar-refractivity contribution is 6.00. The van der Waals surface area contributed by atoms with Gasteiger partial charge in [0.15, 0.2) is 0 Å². The lowest BCUT2D eigenvalue weighted by Gasteiger charge is -2.18. The fourth-order valence-corrected chi connectivity index (χ4v) is 2.73. The third kappa shape index (κ3) is 3.17. The fraction of sp³-hybridized carbons (Fsp3) is 0.222. The van der Waals surface area contributed by atoms with Crippen LogP contribution < -0.4 is 5.32 Å². The summed E-state index contributed by atoms with van der Waals surface area (Å²) in [4.78, 5) is 12.7. The molecule has 6 heteroatoms. The molecule has 1 aromatic heterocycles. The predicted octanol–water partition coefficient (Wildman–Crippen LogP) is 2.97. The van der Waals surface area contributed by atoms with Gasteiger partial charge in [-0.25, -0.2) is 0 Å². The molecule has 2 N–H and O–H groups in total. The first-order chi connectivity index (χ1) is 11.6. The number of carbonyl (C=O) groups excluding carboxylic acids is 1. The molecule has 2 aromatic carbocycles. The molecule has 1 atom stereocenters. The van der Waals surface area contributed by atoms with Crippen LogP contribution in [0.4, 0.5) is 0 Å². The number of aryl methyl sites for hydroxylation is 2. The Hall–Kier alpha value is -3.02. The van der Waals surface area contributed by atoms with Crippen molar-refractivity contribution in [2.75, 3.05) is 0 Å². The number of amides is 1. The minimum Gasteiger partial charge on any atom is -0.345 e. The molecule has 6 nitrogen and oxygen atoms in total. The molecule has 1 unspecified atom stereocenters. The molecule has 0 spiro atoms. The third-order valence-electron chi connectivity index (χ3n) is 4.01. The van der Waals surface area contributed by atoms with Crippen LogP contribution in [-0.2, 0) is 0 Å². The molecule has 0 aliphatic heterocycles. The molecular weight excluding hydrogens is 302 g/mol. The van der Waals surface area contributed by atoms with Crippen molar-refractivity contribution in [3.05, 3.63) is 64.7 Å². The van der Waals surface area contributed by atoms with Crippen LogP contribution in [0.2, 0.25) is 0 Å². The van der Waals surface area contributed by atoms with Crippen molar-refractivity contribution in [1.29, 1.82) is 0 Å². The lowest BCUT2D eigenvalue weighted by atomic mass is 9.99. The minimum absolute atomic E-state index is 0.101. The number of carbonyl (C=O) groups is 1. The maximum absolute atomic E-state index is 12.7. The first kappa shape index (κ1) is 15.9. The van der Waals surface area contributed by atoms with E-state index in [0.29, 0.717) is 17.0 Å². The second-order valence-corrected chi connectivity index (χ2v) is 5.84. The molecule has 3 rings (SSSR count). The van der Waals surface area contributed by atoms with Crippen molar-refractivity contribution >= 4 is 5.91 Å². The molecular formula is C18H19N5O. The Morgan fingerprint density at radius 2 is 1.96 bits per heavy atom. The summed E-state index contributed by atoms with van der Waals surface area (Å²) in [5.74, 6) is 0.240. The Kier molecular flexibility index (Phi) is 4.37. The van der Waals surface area contributed by atoms with E-state index in [2.05, 4.69) is 44.1 Å². The van der Waals surface area contributed by atoms with Gasteiger partial charge in [0.05, 0.1) is 11.6 Å². The minimum atomic E-state index is -0.163. The van der Waals surface area contributed by atoms with E-state index in [1.54, 1.807) is 6.07 Å². The monoisotopic (exact) mass is 321 g/mol. The SMILES string of the molecule is Cc1ccc(C)c(C(C)NC(=O)c2ccccc2-c2nn[nH]n2)c1. The largest absolute Gasteiger partial charge is 0.345 e. The summed E-state index contributed by atoms with van der Waals surface area (Å²) in [5, 5.41) is 17.0. The van der Waals surface area contributed by atoms with Crippen LogP contribution in [0.1, 0.15) is 40.0 Å². The molecule has 122 valence electrons.